The Bertz CT molecular complexity index is 631. The van der Waals surface area contributed by atoms with E-state index in [-0.39, 0.29) is 0 Å². The molecule has 2 N–H and O–H groups in total. The summed E-state index contributed by atoms with van der Waals surface area (Å²) >= 11 is 0. The number of nitrogens with zero attached hydrogens (tertiary/aromatic N) is 2. The Hall–Kier alpha value is -2.50. The van der Waals surface area contributed by atoms with E-state index < -0.39 is 0 Å². The van der Waals surface area contributed by atoms with Crippen LogP contribution in [0.25, 0.3) is 0 Å². The molecule has 2 aromatic rings. The van der Waals surface area contributed by atoms with Crippen LogP contribution < -0.4 is 20.1 Å². The molecule has 0 bridgehead atoms. The second-order valence-electron chi connectivity index (χ2n) is 4.49. The topological polar surface area (TPSA) is 68.3 Å². The Morgan fingerprint density at radius 1 is 1.15 bits per heavy atom. The van der Waals surface area contributed by atoms with Gasteiger partial charge in [-0.25, -0.2) is 9.97 Å². The van der Waals surface area contributed by atoms with Gasteiger partial charge < -0.3 is 20.1 Å². The summed E-state index contributed by atoms with van der Waals surface area (Å²) in [7, 11) is 1.84. The number of anilines is 2. The molecule has 0 atom stereocenters. The van der Waals surface area contributed by atoms with Crippen LogP contribution in [-0.2, 0) is 6.54 Å². The van der Waals surface area contributed by atoms with Crippen LogP contribution in [0.3, 0.4) is 0 Å². The number of benzene rings is 1. The number of rotatable bonds is 4. The lowest BCUT2D eigenvalue weighted by Crippen LogP contribution is -2.06. The fourth-order valence-corrected chi connectivity index (χ4v) is 2.12. The SMILES string of the molecule is CNc1ncnc(NCc2ccc3c(c2)OCO3)c1C. The van der Waals surface area contributed by atoms with Crippen molar-refractivity contribution in [2.45, 2.75) is 13.5 Å². The first-order valence-electron chi connectivity index (χ1n) is 6.39. The molecule has 1 aliphatic heterocycles. The van der Waals surface area contributed by atoms with Gasteiger partial charge in [-0.1, -0.05) is 6.07 Å². The summed E-state index contributed by atoms with van der Waals surface area (Å²) in [5, 5.41) is 6.35. The third kappa shape index (κ3) is 2.32. The third-order valence-corrected chi connectivity index (χ3v) is 3.22. The van der Waals surface area contributed by atoms with Crippen LogP contribution >= 0.6 is 0 Å². The van der Waals surface area contributed by atoms with Crippen molar-refractivity contribution in [3.63, 3.8) is 0 Å². The Morgan fingerprint density at radius 2 is 1.95 bits per heavy atom. The minimum Gasteiger partial charge on any atom is -0.454 e. The number of aromatic nitrogens is 2. The van der Waals surface area contributed by atoms with Crippen LogP contribution in [0.4, 0.5) is 11.6 Å². The van der Waals surface area contributed by atoms with Gasteiger partial charge in [0, 0.05) is 19.2 Å². The number of fused-ring (bicyclic) bond motifs is 1. The highest BCUT2D eigenvalue weighted by molar-refractivity contribution is 5.56. The standard InChI is InChI=1S/C14H16N4O2/c1-9-13(15-2)17-7-18-14(9)16-6-10-3-4-11-12(5-10)20-8-19-11/h3-5,7H,6,8H2,1-2H3,(H2,15,16,17,18). The summed E-state index contributed by atoms with van der Waals surface area (Å²) in [6.07, 6.45) is 1.54. The van der Waals surface area contributed by atoms with Gasteiger partial charge in [-0.15, -0.1) is 0 Å². The van der Waals surface area contributed by atoms with Crippen LogP contribution in [0, 0.1) is 6.92 Å². The molecule has 6 heteroatoms. The molecule has 6 nitrogen and oxygen atoms in total. The van der Waals surface area contributed by atoms with E-state index in [0.29, 0.717) is 13.3 Å². The fraction of sp³-hybridized carbons (Fsp3) is 0.286. The first kappa shape index (κ1) is 12.5. The lowest BCUT2D eigenvalue weighted by atomic mass is 10.2. The van der Waals surface area contributed by atoms with Gasteiger partial charge in [-0.05, 0) is 24.6 Å². The fourth-order valence-electron chi connectivity index (χ4n) is 2.12. The zero-order valence-corrected chi connectivity index (χ0v) is 11.4. The van der Waals surface area contributed by atoms with E-state index in [1.807, 2.05) is 32.2 Å². The predicted molar refractivity (Wildman–Crippen MR) is 76.2 cm³/mol. The Morgan fingerprint density at radius 3 is 2.80 bits per heavy atom. The van der Waals surface area contributed by atoms with Crippen molar-refractivity contribution in [2.24, 2.45) is 0 Å². The van der Waals surface area contributed by atoms with E-state index >= 15 is 0 Å². The van der Waals surface area contributed by atoms with E-state index in [9.17, 15) is 0 Å². The molecule has 20 heavy (non-hydrogen) atoms. The molecule has 0 saturated carbocycles. The zero-order chi connectivity index (χ0) is 13.9. The van der Waals surface area contributed by atoms with E-state index in [4.69, 9.17) is 9.47 Å². The van der Waals surface area contributed by atoms with E-state index in [0.717, 1.165) is 34.3 Å². The smallest absolute Gasteiger partial charge is 0.231 e. The average Bonchev–Trinajstić information content (AvgIpc) is 2.93. The molecule has 3 rings (SSSR count). The minimum absolute atomic E-state index is 0.294. The molecule has 0 saturated heterocycles. The van der Waals surface area contributed by atoms with Crippen molar-refractivity contribution in [1.29, 1.82) is 0 Å². The highest BCUT2D eigenvalue weighted by Crippen LogP contribution is 2.32. The maximum absolute atomic E-state index is 5.37. The highest BCUT2D eigenvalue weighted by atomic mass is 16.7. The number of hydrogen-bond donors (Lipinski definition) is 2. The molecular weight excluding hydrogens is 256 g/mol. The summed E-state index contributed by atoms with van der Waals surface area (Å²) in [6, 6.07) is 5.91. The van der Waals surface area contributed by atoms with E-state index in [1.54, 1.807) is 6.33 Å². The van der Waals surface area contributed by atoms with E-state index in [2.05, 4.69) is 20.6 Å². The molecule has 2 heterocycles. The number of hydrogen-bond acceptors (Lipinski definition) is 6. The van der Waals surface area contributed by atoms with Gasteiger partial charge in [0.1, 0.15) is 18.0 Å². The summed E-state index contributed by atoms with van der Waals surface area (Å²) in [4.78, 5) is 8.42. The minimum atomic E-state index is 0.294. The molecule has 1 aliphatic rings. The summed E-state index contributed by atoms with van der Waals surface area (Å²) in [6.45, 7) is 2.94. The molecule has 0 unspecified atom stereocenters. The monoisotopic (exact) mass is 272 g/mol. The maximum Gasteiger partial charge on any atom is 0.231 e. The van der Waals surface area contributed by atoms with Crippen molar-refractivity contribution >= 4 is 11.6 Å². The molecule has 0 aliphatic carbocycles. The van der Waals surface area contributed by atoms with Crippen molar-refractivity contribution in [2.75, 3.05) is 24.5 Å². The van der Waals surface area contributed by atoms with Crippen LogP contribution in [0.2, 0.25) is 0 Å². The van der Waals surface area contributed by atoms with Gasteiger partial charge >= 0.3 is 0 Å². The number of nitrogens with one attached hydrogen (secondary N) is 2. The van der Waals surface area contributed by atoms with Crippen molar-refractivity contribution in [3.8, 4) is 11.5 Å². The van der Waals surface area contributed by atoms with Gasteiger partial charge in [0.15, 0.2) is 11.5 Å². The molecule has 0 spiro atoms. The highest BCUT2D eigenvalue weighted by Gasteiger charge is 2.13. The molecule has 0 fully saturated rings. The van der Waals surface area contributed by atoms with Gasteiger partial charge in [-0.3, -0.25) is 0 Å². The largest absolute Gasteiger partial charge is 0.454 e. The number of ether oxygens (including phenoxy) is 2. The van der Waals surface area contributed by atoms with Crippen molar-refractivity contribution in [3.05, 3.63) is 35.7 Å². The van der Waals surface area contributed by atoms with Gasteiger partial charge in [0.2, 0.25) is 6.79 Å². The van der Waals surface area contributed by atoms with Crippen molar-refractivity contribution in [1.82, 2.24) is 9.97 Å². The lowest BCUT2D eigenvalue weighted by Gasteiger charge is -2.11. The molecular formula is C14H16N4O2. The lowest BCUT2D eigenvalue weighted by molar-refractivity contribution is 0.174. The Kier molecular flexibility index (Phi) is 3.28. The Balaban J connectivity index is 1.73. The predicted octanol–water partition coefficient (Wildman–Crippen LogP) is 2.17. The molecule has 1 aromatic carbocycles. The maximum atomic E-state index is 5.37. The molecule has 1 aromatic heterocycles. The molecule has 0 amide bonds. The van der Waals surface area contributed by atoms with Gasteiger partial charge in [0.25, 0.3) is 0 Å². The summed E-state index contributed by atoms with van der Waals surface area (Å²) in [5.41, 5.74) is 2.11. The Labute approximate surface area is 117 Å². The first-order chi connectivity index (χ1) is 9.78. The third-order valence-electron chi connectivity index (χ3n) is 3.22. The quantitative estimate of drug-likeness (QED) is 0.889. The summed E-state index contributed by atoms with van der Waals surface area (Å²) in [5.74, 6) is 3.24. The zero-order valence-electron chi connectivity index (χ0n) is 11.4. The second-order valence-corrected chi connectivity index (χ2v) is 4.49. The molecule has 0 radical (unpaired) electrons. The second kappa shape index (κ2) is 5.24. The van der Waals surface area contributed by atoms with Gasteiger partial charge in [-0.2, -0.15) is 0 Å². The molecule has 104 valence electrons. The first-order valence-corrected chi connectivity index (χ1v) is 6.39. The van der Waals surface area contributed by atoms with Crippen molar-refractivity contribution < 1.29 is 9.47 Å². The van der Waals surface area contributed by atoms with Crippen LogP contribution in [-0.4, -0.2) is 23.8 Å². The summed E-state index contributed by atoms with van der Waals surface area (Å²) < 4.78 is 10.7. The normalized spacial score (nSPS) is 12.3. The van der Waals surface area contributed by atoms with Crippen LogP contribution in [0.1, 0.15) is 11.1 Å². The average molecular weight is 272 g/mol. The van der Waals surface area contributed by atoms with Gasteiger partial charge in [0.05, 0.1) is 0 Å². The van der Waals surface area contributed by atoms with Crippen LogP contribution in [0.15, 0.2) is 24.5 Å². The van der Waals surface area contributed by atoms with E-state index in [1.165, 1.54) is 0 Å². The van der Waals surface area contributed by atoms with Crippen LogP contribution in [0.5, 0.6) is 11.5 Å².